The maximum absolute atomic E-state index is 11.8. The van der Waals surface area contributed by atoms with Crippen LogP contribution in [0.3, 0.4) is 0 Å². The van der Waals surface area contributed by atoms with Crippen molar-refractivity contribution in [1.29, 1.82) is 0 Å². The number of carbonyl (C=O) groups excluding carboxylic acids is 1. The quantitative estimate of drug-likeness (QED) is 0.685. The summed E-state index contributed by atoms with van der Waals surface area (Å²) in [7, 11) is 1.58. The van der Waals surface area contributed by atoms with Crippen molar-refractivity contribution in [2.45, 2.75) is 32.4 Å². The predicted octanol–water partition coefficient (Wildman–Crippen LogP) is 2.10. The van der Waals surface area contributed by atoms with Crippen LogP contribution in [0.2, 0.25) is 0 Å². The Morgan fingerprint density at radius 2 is 2.00 bits per heavy atom. The molecule has 22 heavy (non-hydrogen) atoms. The second-order valence-corrected chi connectivity index (χ2v) is 5.24. The molecule has 122 valence electrons. The fourth-order valence-electron chi connectivity index (χ4n) is 1.78. The summed E-state index contributed by atoms with van der Waals surface area (Å²) in [6.07, 6.45) is 0.643. The van der Waals surface area contributed by atoms with Crippen LogP contribution in [-0.2, 0) is 16.1 Å². The number of amides is 2. The molecule has 6 heteroatoms. The van der Waals surface area contributed by atoms with Crippen molar-refractivity contribution in [3.63, 3.8) is 0 Å². The number of nitrogens with zero attached hydrogens (tertiary/aromatic N) is 1. The molecule has 0 aliphatic heterocycles. The molecule has 6 nitrogen and oxygen atoms in total. The standard InChI is InChI=1S/C16H24N2O4/c1-13(17-16(21)18(2)10-8-15(19)20)9-11-22-12-14-6-4-3-5-7-14/h3-7,13H,8-12H2,1-2H3,(H,17,21)(H,19,20). The van der Waals surface area contributed by atoms with Crippen molar-refractivity contribution in [2.24, 2.45) is 0 Å². The Morgan fingerprint density at radius 1 is 1.32 bits per heavy atom. The van der Waals surface area contributed by atoms with Crippen molar-refractivity contribution in [3.05, 3.63) is 35.9 Å². The highest BCUT2D eigenvalue weighted by atomic mass is 16.5. The first-order valence-electron chi connectivity index (χ1n) is 7.34. The molecule has 0 spiro atoms. The van der Waals surface area contributed by atoms with Crippen molar-refractivity contribution in [2.75, 3.05) is 20.2 Å². The van der Waals surface area contributed by atoms with E-state index in [1.807, 2.05) is 37.3 Å². The Balaban J connectivity index is 2.15. The lowest BCUT2D eigenvalue weighted by atomic mass is 10.2. The monoisotopic (exact) mass is 308 g/mol. The van der Waals surface area contributed by atoms with E-state index in [2.05, 4.69) is 5.32 Å². The third-order valence-electron chi connectivity index (χ3n) is 3.18. The van der Waals surface area contributed by atoms with E-state index in [-0.39, 0.29) is 25.0 Å². The van der Waals surface area contributed by atoms with Crippen molar-refractivity contribution < 1.29 is 19.4 Å². The number of urea groups is 1. The van der Waals surface area contributed by atoms with Crippen LogP contribution in [-0.4, -0.2) is 48.2 Å². The van der Waals surface area contributed by atoms with Crippen LogP contribution < -0.4 is 5.32 Å². The number of hydrogen-bond donors (Lipinski definition) is 2. The highest BCUT2D eigenvalue weighted by Gasteiger charge is 2.12. The van der Waals surface area contributed by atoms with Gasteiger partial charge >= 0.3 is 12.0 Å². The summed E-state index contributed by atoms with van der Waals surface area (Å²) in [5.74, 6) is -0.915. The summed E-state index contributed by atoms with van der Waals surface area (Å²) in [4.78, 5) is 23.6. The topological polar surface area (TPSA) is 78.9 Å². The number of carbonyl (C=O) groups is 2. The Bertz CT molecular complexity index is 464. The van der Waals surface area contributed by atoms with Crippen molar-refractivity contribution in [1.82, 2.24) is 10.2 Å². The summed E-state index contributed by atoms with van der Waals surface area (Å²) in [5.41, 5.74) is 1.12. The third-order valence-corrected chi connectivity index (χ3v) is 3.18. The zero-order chi connectivity index (χ0) is 16.4. The third kappa shape index (κ3) is 7.64. The number of carboxylic acid groups (broad SMARTS) is 1. The molecule has 0 bridgehead atoms. The zero-order valence-electron chi connectivity index (χ0n) is 13.1. The van der Waals surface area contributed by atoms with Crippen LogP contribution in [0.1, 0.15) is 25.3 Å². The number of rotatable bonds is 9. The van der Waals surface area contributed by atoms with Gasteiger partial charge in [0.05, 0.1) is 13.0 Å². The molecule has 2 amide bonds. The molecule has 0 aromatic heterocycles. The Kier molecular flexibility index (Phi) is 7.99. The molecule has 1 rings (SSSR count). The van der Waals surface area contributed by atoms with Crippen LogP contribution >= 0.6 is 0 Å². The van der Waals surface area contributed by atoms with Crippen LogP contribution in [0, 0.1) is 0 Å². The smallest absolute Gasteiger partial charge is 0.317 e. The Hall–Kier alpha value is -2.08. The molecule has 0 radical (unpaired) electrons. The molecule has 1 atom stereocenters. The van der Waals surface area contributed by atoms with Gasteiger partial charge < -0.3 is 20.1 Å². The normalized spacial score (nSPS) is 11.7. The van der Waals surface area contributed by atoms with E-state index >= 15 is 0 Å². The molecule has 0 aliphatic carbocycles. The van der Waals surface area contributed by atoms with Gasteiger partial charge in [0.15, 0.2) is 0 Å². The number of ether oxygens (including phenoxy) is 1. The highest BCUT2D eigenvalue weighted by Crippen LogP contribution is 2.02. The SMILES string of the molecule is CC(CCOCc1ccccc1)NC(=O)N(C)CCC(=O)O. The van der Waals surface area contributed by atoms with E-state index < -0.39 is 5.97 Å². The number of aliphatic carboxylic acids is 1. The van der Waals surface area contributed by atoms with Gasteiger partial charge in [0.25, 0.3) is 0 Å². The van der Waals surface area contributed by atoms with E-state index in [9.17, 15) is 9.59 Å². The molecular formula is C16H24N2O4. The van der Waals surface area contributed by atoms with Crippen molar-refractivity contribution >= 4 is 12.0 Å². The van der Waals surface area contributed by atoms with Crippen LogP contribution in [0.5, 0.6) is 0 Å². The molecule has 2 N–H and O–H groups in total. The molecule has 0 saturated carbocycles. The molecule has 0 saturated heterocycles. The summed E-state index contributed by atoms with van der Waals surface area (Å²) in [6, 6.07) is 9.60. The lowest BCUT2D eigenvalue weighted by Gasteiger charge is -2.20. The largest absolute Gasteiger partial charge is 0.481 e. The van der Waals surface area contributed by atoms with Gasteiger partial charge in [-0.15, -0.1) is 0 Å². The van der Waals surface area contributed by atoms with Gasteiger partial charge in [-0.3, -0.25) is 4.79 Å². The minimum Gasteiger partial charge on any atom is -0.481 e. The second kappa shape index (κ2) is 9.78. The summed E-state index contributed by atoms with van der Waals surface area (Å²) >= 11 is 0. The van der Waals surface area contributed by atoms with Crippen LogP contribution in [0.4, 0.5) is 4.79 Å². The summed E-state index contributed by atoms with van der Waals surface area (Å²) < 4.78 is 5.57. The lowest BCUT2D eigenvalue weighted by Crippen LogP contribution is -2.43. The number of nitrogens with one attached hydrogen (secondary N) is 1. The van der Waals surface area contributed by atoms with Gasteiger partial charge in [-0.2, -0.15) is 0 Å². The number of benzene rings is 1. The second-order valence-electron chi connectivity index (χ2n) is 5.24. The molecular weight excluding hydrogens is 284 g/mol. The van der Waals surface area contributed by atoms with E-state index in [0.29, 0.717) is 19.6 Å². The molecule has 0 heterocycles. The molecule has 1 unspecified atom stereocenters. The average Bonchev–Trinajstić information content (AvgIpc) is 2.50. The molecule has 1 aromatic rings. The van der Waals surface area contributed by atoms with E-state index in [1.165, 1.54) is 4.90 Å². The van der Waals surface area contributed by atoms with Crippen molar-refractivity contribution in [3.8, 4) is 0 Å². The van der Waals surface area contributed by atoms with Gasteiger partial charge in [-0.25, -0.2) is 4.79 Å². The summed E-state index contributed by atoms with van der Waals surface area (Å²) in [6.45, 7) is 3.20. The zero-order valence-corrected chi connectivity index (χ0v) is 13.1. The Labute approximate surface area is 131 Å². The molecule has 1 aromatic carbocycles. The minimum absolute atomic E-state index is 0.0319. The first kappa shape index (κ1) is 18.0. The summed E-state index contributed by atoms with van der Waals surface area (Å²) in [5, 5.41) is 11.4. The van der Waals surface area contributed by atoms with E-state index in [4.69, 9.17) is 9.84 Å². The predicted molar refractivity (Wildman–Crippen MR) is 83.6 cm³/mol. The molecule has 0 aliphatic rings. The fraction of sp³-hybridized carbons (Fsp3) is 0.500. The molecule has 0 fully saturated rings. The van der Waals surface area contributed by atoms with Gasteiger partial charge in [-0.1, -0.05) is 30.3 Å². The maximum atomic E-state index is 11.8. The van der Waals surface area contributed by atoms with Gasteiger partial charge in [0.1, 0.15) is 0 Å². The lowest BCUT2D eigenvalue weighted by molar-refractivity contribution is -0.137. The van der Waals surface area contributed by atoms with Crippen LogP contribution in [0.15, 0.2) is 30.3 Å². The number of hydrogen-bond acceptors (Lipinski definition) is 3. The maximum Gasteiger partial charge on any atom is 0.317 e. The Morgan fingerprint density at radius 3 is 2.64 bits per heavy atom. The minimum atomic E-state index is -0.915. The average molecular weight is 308 g/mol. The van der Waals surface area contributed by atoms with Gasteiger partial charge in [-0.05, 0) is 18.9 Å². The van der Waals surface area contributed by atoms with E-state index in [1.54, 1.807) is 7.05 Å². The van der Waals surface area contributed by atoms with Crippen LogP contribution in [0.25, 0.3) is 0 Å². The fourth-order valence-corrected chi connectivity index (χ4v) is 1.78. The highest BCUT2D eigenvalue weighted by molar-refractivity contribution is 5.75. The van der Waals surface area contributed by atoms with Gasteiger partial charge in [0.2, 0.25) is 0 Å². The van der Waals surface area contributed by atoms with E-state index in [0.717, 1.165) is 5.56 Å². The number of carboxylic acids is 1. The van der Waals surface area contributed by atoms with Gasteiger partial charge in [0, 0.05) is 26.2 Å². The first-order chi connectivity index (χ1) is 10.5. The first-order valence-corrected chi connectivity index (χ1v) is 7.34.